The summed E-state index contributed by atoms with van der Waals surface area (Å²) in [6.07, 6.45) is -3.54. The third-order valence-electron chi connectivity index (χ3n) is 3.27. The summed E-state index contributed by atoms with van der Waals surface area (Å²) in [6.45, 7) is 0. The van der Waals surface area contributed by atoms with Gasteiger partial charge in [0.2, 0.25) is 0 Å². The van der Waals surface area contributed by atoms with Crippen molar-refractivity contribution in [3.8, 4) is 0 Å². The summed E-state index contributed by atoms with van der Waals surface area (Å²) in [4.78, 5) is 3.70. The predicted octanol–water partition coefficient (Wildman–Crippen LogP) is 2.45. The van der Waals surface area contributed by atoms with Gasteiger partial charge in [-0.05, 0) is 29.8 Å². The second kappa shape index (κ2) is 6.08. The quantitative estimate of drug-likeness (QED) is 0.712. The number of rotatable bonds is 4. The van der Waals surface area contributed by atoms with Crippen molar-refractivity contribution in [2.24, 2.45) is 0 Å². The molecule has 2 heterocycles. The average Bonchev–Trinajstić information content (AvgIpc) is 2.98. The van der Waals surface area contributed by atoms with Crippen molar-refractivity contribution in [3.63, 3.8) is 0 Å². The molecule has 3 aromatic rings. The van der Waals surface area contributed by atoms with E-state index >= 15 is 0 Å². The maximum absolute atomic E-state index is 13.3. The van der Waals surface area contributed by atoms with Crippen LogP contribution in [0.4, 0.5) is 17.6 Å². The van der Waals surface area contributed by atoms with E-state index in [1.807, 2.05) is 0 Å². The van der Waals surface area contributed by atoms with Crippen LogP contribution in [0, 0.1) is 5.82 Å². The number of sulfonamides is 1. The van der Waals surface area contributed by atoms with Gasteiger partial charge in [0.1, 0.15) is 11.9 Å². The molecule has 0 fully saturated rings. The number of fused-ring (bicyclic) bond motifs is 1. The Labute approximate surface area is 139 Å². The van der Waals surface area contributed by atoms with Crippen LogP contribution in [0.1, 0.15) is 11.6 Å². The van der Waals surface area contributed by atoms with Gasteiger partial charge in [0, 0.05) is 6.20 Å². The molecule has 25 heavy (non-hydrogen) atoms. The Hall–Kier alpha value is -2.53. The smallest absolute Gasteiger partial charge is 0.220 e. The number of hydrogen-bond donors (Lipinski definition) is 1. The van der Waals surface area contributed by atoms with Gasteiger partial charge < -0.3 is 0 Å². The number of aromatic nitrogens is 3. The van der Waals surface area contributed by atoms with Gasteiger partial charge in [-0.1, -0.05) is 18.2 Å². The van der Waals surface area contributed by atoms with Gasteiger partial charge in [0.05, 0.1) is 0 Å². The maximum Gasteiger partial charge on any atom is 0.408 e. The van der Waals surface area contributed by atoms with Crippen LogP contribution in [0.2, 0.25) is 0 Å². The monoisotopic (exact) mass is 374 g/mol. The summed E-state index contributed by atoms with van der Waals surface area (Å²) in [5.41, 5.74) is -0.297. The molecule has 0 amide bonds. The number of hydrogen-bond acceptors (Lipinski definition) is 4. The lowest BCUT2D eigenvalue weighted by atomic mass is 10.1. The van der Waals surface area contributed by atoms with Crippen LogP contribution >= 0.6 is 0 Å². The Morgan fingerprint density at radius 1 is 1.08 bits per heavy atom. The molecule has 3 rings (SSSR count). The van der Waals surface area contributed by atoms with Crippen LogP contribution in [0.5, 0.6) is 0 Å². The van der Waals surface area contributed by atoms with Crippen molar-refractivity contribution in [2.45, 2.75) is 17.4 Å². The molecule has 0 radical (unpaired) electrons. The molecule has 0 aliphatic heterocycles. The molecular weight excluding hydrogens is 364 g/mol. The third-order valence-corrected chi connectivity index (χ3v) is 4.47. The first kappa shape index (κ1) is 17.3. The molecule has 132 valence electrons. The van der Waals surface area contributed by atoms with Gasteiger partial charge in [0.15, 0.2) is 5.65 Å². The Morgan fingerprint density at radius 2 is 1.76 bits per heavy atom. The number of pyridine rings is 1. The highest BCUT2D eigenvalue weighted by molar-refractivity contribution is 7.89. The summed E-state index contributed by atoms with van der Waals surface area (Å²) < 4.78 is 80.0. The van der Waals surface area contributed by atoms with Crippen LogP contribution in [0.3, 0.4) is 0 Å². The van der Waals surface area contributed by atoms with E-state index in [-0.39, 0.29) is 5.65 Å². The molecule has 2 aromatic heterocycles. The summed E-state index contributed by atoms with van der Waals surface area (Å²) in [5.74, 6) is -0.741. The minimum absolute atomic E-state index is 0.160. The van der Waals surface area contributed by atoms with Crippen LogP contribution in [0.25, 0.3) is 5.65 Å². The summed E-state index contributed by atoms with van der Waals surface area (Å²) in [6, 6.07) is 5.35. The van der Waals surface area contributed by atoms with Gasteiger partial charge in [-0.3, -0.25) is 0 Å². The second-order valence-corrected chi connectivity index (χ2v) is 6.65. The molecule has 0 aliphatic carbocycles. The molecule has 6 nitrogen and oxygen atoms in total. The Bertz CT molecular complexity index is 967. The van der Waals surface area contributed by atoms with E-state index in [4.69, 9.17) is 0 Å². The molecule has 0 saturated carbocycles. The molecule has 1 N–H and O–H groups in total. The predicted molar refractivity (Wildman–Crippen MR) is 78.5 cm³/mol. The zero-order valence-electron chi connectivity index (χ0n) is 12.3. The molecule has 1 atom stereocenters. The van der Waals surface area contributed by atoms with Gasteiger partial charge in [-0.15, -0.1) is 5.10 Å². The lowest BCUT2D eigenvalue weighted by Gasteiger charge is -2.21. The van der Waals surface area contributed by atoms with Gasteiger partial charge >= 0.3 is 6.18 Å². The standard InChI is InChI=1S/C14H10F4N4O2S/c15-10-6-4-9(5-7-10)12(14(16,17)18)21-25(23,24)13-19-11-3-1-2-8-22(11)20-13/h1-8,12,21H/t12-/m1/s1. The summed E-state index contributed by atoms with van der Waals surface area (Å²) in [7, 11) is -4.67. The number of nitrogens with zero attached hydrogens (tertiary/aromatic N) is 3. The second-order valence-electron chi connectivity index (χ2n) is 5.05. The maximum atomic E-state index is 13.3. The van der Waals surface area contributed by atoms with Crippen LogP contribution in [0.15, 0.2) is 53.8 Å². The molecule has 1 aromatic carbocycles. The topological polar surface area (TPSA) is 76.4 Å². The van der Waals surface area contributed by atoms with Crippen molar-refractivity contribution >= 4 is 15.7 Å². The van der Waals surface area contributed by atoms with Gasteiger partial charge in [-0.25, -0.2) is 17.3 Å². The first-order chi connectivity index (χ1) is 11.7. The van der Waals surface area contributed by atoms with E-state index in [1.54, 1.807) is 12.1 Å². The SMILES string of the molecule is O=S(=O)(N[C@H](c1ccc(F)cc1)C(F)(F)F)c1nc2ccccn2n1. The number of alkyl halides is 3. The van der Waals surface area contributed by atoms with Gasteiger partial charge in [0.25, 0.3) is 15.2 Å². The Kier molecular flexibility index (Phi) is 4.21. The highest BCUT2D eigenvalue weighted by atomic mass is 32.2. The molecule has 0 aliphatic rings. The summed E-state index contributed by atoms with van der Waals surface area (Å²) in [5, 5.41) is 2.86. The first-order valence-electron chi connectivity index (χ1n) is 6.83. The lowest BCUT2D eigenvalue weighted by Crippen LogP contribution is -2.38. The highest BCUT2D eigenvalue weighted by Crippen LogP contribution is 2.33. The fourth-order valence-electron chi connectivity index (χ4n) is 2.11. The molecular formula is C14H10F4N4O2S. The van der Waals surface area contributed by atoms with E-state index in [0.29, 0.717) is 0 Å². The fraction of sp³-hybridized carbons (Fsp3) is 0.143. The number of benzene rings is 1. The minimum Gasteiger partial charge on any atom is -0.220 e. The fourth-order valence-corrected chi connectivity index (χ4v) is 3.21. The average molecular weight is 374 g/mol. The van der Waals surface area contributed by atoms with Crippen LogP contribution in [-0.2, 0) is 10.0 Å². The Balaban J connectivity index is 1.99. The van der Waals surface area contributed by atoms with E-state index in [9.17, 15) is 26.0 Å². The molecule has 0 unspecified atom stereocenters. The zero-order chi connectivity index (χ0) is 18.2. The highest BCUT2D eigenvalue weighted by Gasteiger charge is 2.44. The van der Waals surface area contributed by atoms with E-state index in [0.717, 1.165) is 28.8 Å². The molecule has 11 heteroatoms. The normalized spacial score (nSPS) is 13.9. The first-order valence-corrected chi connectivity index (χ1v) is 8.31. The Morgan fingerprint density at radius 3 is 2.36 bits per heavy atom. The van der Waals surface area contributed by atoms with E-state index < -0.39 is 38.8 Å². The molecule has 0 saturated heterocycles. The van der Waals surface area contributed by atoms with Crippen molar-refractivity contribution in [1.29, 1.82) is 0 Å². The number of halogens is 4. The van der Waals surface area contributed by atoms with E-state index in [1.165, 1.54) is 17.0 Å². The largest absolute Gasteiger partial charge is 0.408 e. The van der Waals surface area contributed by atoms with Crippen LogP contribution in [-0.4, -0.2) is 29.2 Å². The van der Waals surface area contributed by atoms with E-state index in [2.05, 4.69) is 10.1 Å². The van der Waals surface area contributed by atoms with Gasteiger partial charge in [-0.2, -0.15) is 22.9 Å². The van der Waals surface area contributed by atoms with Crippen molar-refractivity contribution in [2.75, 3.05) is 0 Å². The van der Waals surface area contributed by atoms with Crippen molar-refractivity contribution < 1.29 is 26.0 Å². The minimum atomic E-state index is -4.94. The lowest BCUT2D eigenvalue weighted by molar-refractivity contribution is -0.153. The molecule has 0 bridgehead atoms. The summed E-state index contributed by atoms with van der Waals surface area (Å²) >= 11 is 0. The third kappa shape index (κ3) is 3.61. The van der Waals surface area contributed by atoms with Crippen molar-refractivity contribution in [3.05, 3.63) is 60.0 Å². The number of nitrogens with one attached hydrogen (secondary N) is 1. The van der Waals surface area contributed by atoms with Crippen molar-refractivity contribution in [1.82, 2.24) is 19.3 Å². The zero-order valence-corrected chi connectivity index (χ0v) is 13.1. The molecule has 0 spiro atoms. The van der Waals surface area contributed by atoms with Crippen LogP contribution < -0.4 is 4.72 Å².